The molecule has 0 bridgehead atoms. The Morgan fingerprint density at radius 1 is 0.513 bits per heavy atom. The SMILES string of the molecule is [2H]c1c([2H])c([2H])c(-c2nc(-c3cccc(-c4ccccc4)c3)nc3c2nc2c4ccccc4c4ccccc4n32)c([2H])c1[2H]. The Balaban J connectivity index is 1.55. The quantitative estimate of drug-likeness (QED) is 0.227. The summed E-state index contributed by atoms with van der Waals surface area (Å²) in [5, 5.41) is 2.95. The third kappa shape index (κ3) is 3.42. The summed E-state index contributed by atoms with van der Waals surface area (Å²) in [5.74, 6) is 0.358. The molecule has 0 aliphatic heterocycles. The van der Waals surface area contributed by atoms with Crippen molar-refractivity contribution in [3.8, 4) is 33.8 Å². The Labute approximate surface area is 231 Å². The zero-order valence-corrected chi connectivity index (χ0v) is 20.6. The monoisotopic (exact) mass is 503 g/mol. The average Bonchev–Trinajstić information content (AvgIpc) is 3.47. The Morgan fingerprint density at radius 2 is 1.21 bits per heavy atom. The van der Waals surface area contributed by atoms with Crippen molar-refractivity contribution in [2.45, 2.75) is 0 Å². The van der Waals surface area contributed by atoms with Gasteiger partial charge in [-0.05, 0) is 28.6 Å². The van der Waals surface area contributed by atoms with Gasteiger partial charge < -0.3 is 0 Å². The highest BCUT2D eigenvalue weighted by Crippen LogP contribution is 2.35. The van der Waals surface area contributed by atoms with E-state index in [0.29, 0.717) is 22.6 Å². The average molecular weight is 504 g/mol. The molecule has 182 valence electrons. The fourth-order valence-electron chi connectivity index (χ4n) is 5.32. The van der Waals surface area contributed by atoms with Crippen LogP contribution in [0.15, 0.2) is 133 Å². The van der Waals surface area contributed by atoms with Gasteiger partial charge in [0.05, 0.1) is 12.4 Å². The second-order valence-corrected chi connectivity index (χ2v) is 9.35. The molecule has 0 saturated heterocycles. The van der Waals surface area contributed by atoms with Gasteiger partial charge in [0, 0.05) is 21.9 Å². The van der Waals surface area contributed by atoms with Gasteiger partial charge >= 0.3 is 0 Å². The molecule has 0 saturated carbocycles. The number of para-hydroxylation sites is 1. The molecular weight excluding hydrogens is 476 g/mol. The fraction of sp³-hybridized carbons (Fsp3) is 0. The lowest BCUT2D eigenvalue weighted by molar-refractivity contribution is 1.18. The summed E-state index contributed by atoms with van der Waals surface area (Å²) in [7, 11) is 0. The van der Waals surface area contributed by atoms with Crippen molar-refractivity contribution in [1.82, 2.24) is 19.4 Å². The smallest absolute Gasteiger partial charge is 0.169 e. The minimum absolute atomic E-state index is 0.0131. The van der Waals surface area contributed by atoms with Crippen LogP contribution in [0.25, 0.3) is 72.3 Å². The predicted octanol–water partition coefficient (Wildman–Crippen LogP) is 8.58. The van der Waals surface area contributed by atoms with E-state index < -0.39 is 18.1 Å². The van der Waals surface area contributed by atoms with Crippen molar-refractivity contribution < 1.29 is 6.85 Å². The van der Waals surface area contributed by atoms with E-state index in [1.54, 1.807) is 0 Å². The van der Waals surface area contributed by atoms with E-state index in [4.69, 9.17) is 21.8 Å². The molecule has 0 radical (unpaired) electrons. The molecule has 3 heterocycles. The molecule has 0 N–H and O–H groups in total. The van der Waals surface area contributed by atoms with Gasteiger partial charge in [-0.2, -0.15) is 0 Å². The number of nitrogens with zero attached hydrogens (tertiary/aromatic N) is 4. The summed E-state index contributed by atoms with van der Waals surface area (Å²) in [6, 6.07) is 31.9. The summed E-state index contributed by atoms with van der Waals surface area (Å²) >= 11 is 0. The van der Waals surface area contributed by atoms with Crippen LogP contribution < -0.4 is 0 Å². The van der Waals surface area contributed by atoms with E-state index in [1.165, 1.54) is 0 Å². The first-order valence-corrected chi connectivity index (χ1v) is 12.6. The highest BCUT2D eigenvalue weighted by atomic mass is 15.1. The van der Waals surface area contributed by atoms with Crippen molar-refractivity contribution in [3.63, 3.8) is 0 Å². The van der Waals surface area contributed by atoms with E-state index in [1.807, 2.05) is 95.4 Å². The summed E-state index contributed by atoms with van der Waals surface area (Å²) in [6.07, 6.45) is 0. The van der Waals surface area contributed by atoms with E-state index in [-0.39, 0.29) is 23.3 Å². The van der Waals surface area contributed by atoms with E-state index in [9.17, 15) is 0 Å². The van der Waals surface area contributed by atoms with Crippen LogP contribution >= 0.6 is 0 Å². The second-order valence-electron chi connectivity index (χ2n) is 9.35. The number of aromatic nitrogens is 4. The maximum absolute atomic E-state index is 8.80. The standard InChI is InChI=1S/C35H22N4/c1-3-12-23(13-4-1)25-16-11-17-26(22-25)33-36-31(24-14-5-2-6-15-24)32-35(38-33)39-30-21-10-9-19-28(30)27-18-7-8-20-29(27)34(39)37-32/h1-22H/i2D,5D,6D,14D,15D. The molecule has 0 amide bonds. The molecule has 0 atom stereocenters. The van der Waals surface area contributed by atoms with Crippen molar-refractivity contribution in [2.24, 2.45) is 0 Å². The molecule has 0 unspecified atom stereocenters. The number of rotatable bonds is 3. The third-order valence-electron chi connectivity index (χ3n) is 7.07. The summed E-state index contributed by atoms with van der Waals surface area (Å²) < 4.78 is 44.5. The highest BCUT2D eigenvalue weighted by molar-refractivity contribution is 6.14. The molecular formula is C35H22N4. The Kier molecular flexibility index (Phi) is 3.80. The van der Waals surface area contributed by atoms with Gasteiger partial charge in [0.25, 0.3) is 0 Å². The first kappa shape index (κ1) is 17.2. The number of hydrogen-bond donors (Lipinski definition) is 0. The van der Waals surface area contributed by atoms with Crippen LogP contribution in [0.1, 0.15) is 6.85 Å². The van der Waals surface area contributed by atoms with Gasteiger partial charge in [0.2, 0.25) is 0 Å². The lowest BCUT2D eigenvalue weighted by atomic mass is 10.0. The molecule has 3 aromatic heterocycles. The molecule has 4 heteroatoms. The van der Waals surface area contributed by atoms with Crippen LogP contribution in [0.3, 0.4) is 0 Å². The number of fused-ring (bicyclic) bond motifs is 8. The minimum atomic E-state index is -0.461. The fourth-order valence-corrected chi connectivity index (χ4v) is 5.32. The summed E-state index contributed by atoms with van der Waals surface area (Å²) in [4.78, 5) is 15.0. The van der Waals surface area contributed by atoms with Gasteiger partial charge in [-0.15, -0.1) is 0 Å². The number of pyridine rings is 1. The van der Waals surface area contributed by atoms with Crippen molar-refractivity contribution >= 4 is 38.5 Å². The molecule has 8 aromatic rings. The van der Waals surface area contributed by atoms with Crippen molar-refractivity contribution in [1.29, 1.82) is 0 Å². The molecule has 0 spiro atoms. The van der Waals surface area contributed by atoms with E-state index in [0.717, 1.165) is 38.4 Å². The normalized spacial score (nSPS) is 13.4. The highest BCUT2D eigenvalue weighted by Gasteiger charge is 2.20. The van der Waals surface area contributed by atoms with Crippen LogP contribution in [-0.4, -0.2) is 19.4 Å². The maximum atomic E-state index is 8.80. The van der Waals surface area contributed by atoms with Crippen LogP contribution in [0, 0.1) is 0 Å². The van der Waals surface area contributed by atoms with Crippen molar-refractivity contribution in [3.05, 3.63) is 133 Å². The van der Waals surface area contributed by atoms with Crippen LogP contribution in [0.2, 0.25) is 0 Å². The Morgan fingerprint density at radius 3 is 2.05 bits per heavy atom. The Hall–Kier alpha value is -5.35. The van der Waals surface area contributed by atoms with Gasteiger partial charge in [-0.25, -0.2) is 15.0 Å². The van der Waals surface area contributed by atoms with E-state index in [2.05, 4.69) is 12.1 Å². The first-order valence-electron chi connectivity index (χ1n) is 15.1. The lowest BCUT2D eigenvalue weighted by Gasteiger charge is -2.10. The third-order valence-corrected chi connectivity index (χ3v) is 7.07. The van der Waals surface area contributed by atoms with Gasteiger partial charge in [-0.1, -0.05) is 121 Å². The molecule has 8 rings (SSSR count). The largest absolute Gasteiger partial charge is 0.276 e. The van der Waals surface area contributed by atoms with Crippen LogP contribution in [0.4, 0.5) is 0 Å². The lowest BCUT2D eigenvalue weighted by Crippen LogP contribution is -1.97. The molecule has 0 fully saturated rings. The summed E-state index contributed by atoms with van der Waals surface area (Å²) in [5.41, 5.74) is 5.28. The van der Waals surface area contributed by atoms with Crippen molar-refractivity contribution in [2.75, 3.05) is 0 Å². The van der Waals surface area contributed by atoms with Gasteiger partial charge in [0.15, 0.2) is 11.5 Å². The van der Waals surface area contributed by atoms with Gasteiger partial charge in [-0.3, -0.25) is 4.40 Å². The minimum Gasteiger partial charge on any atom is -0.276 e. The van der Waals surface area contributed by atoms with Gasteiger partial charge in [0.1, 0.15) is 16.9 Å². The summed E-state index contributed by atoms with van der Waals surface area (Å²) in [6.45, 7) is 0. The topological polar surface area (TPSA) is 43.1 Å². The number of benzene rings is 5. The van der Waals surface area contributed by atoms with E-state index >= 15 is 0 Å². The molecule has 0 aliphatic rings. The van der Waals surface area contributed by atoms with Crippen LogP contribution in [-0.2, 0) is 0 Å². The molecule has 39 heavy (non-hydrogen) atoms. The molecule has 4 nitrogen and oxygen atoms in total. The molecule has 5 aromatic carbocycles. The number of imidazole rings is 1. The first-order chi connectivity index (χ1) is 21.4. The zero-order valence-electron chi connectivity index (χ0n) is 25.6. The maximum Gasteiger partial charge on any atom is 0.169 e. The number of hydrogen-bond acceptors (Lipinski definition) is 3. The molecule has 0 aliphatic carbocycles. The predicted molar refractivity (Wildman–Crippen MR) is 160 cm³/mol. The Bertz CT molecular complexity index is 2430. The second kappa shape index (κ2) is 8.61. The van der Waals surface area contributed by atoms with Crippen LogP contribution in [0.5, 0.6) is 0 Å². The zero-order chi connectivity index (χ0) is 30.1.